The molecule has 4 nitrogen and oxygen atoms in total. The standard InChI is InChI=1S/C7H6BNO3/c9-4-5-2-1-3-6(7(5)10)8(11)12/h1-3,10-12H. The van der Waals surface area contributed by atoms with E-state index in [0.29, 0.717) is 0 Å². The molecule has 5 heteroatoms. The van der Waals surface area contributed by atoms with Gasteiger partial charge in [-0.2, -0.15) is 5.26 Å². The quantitative estimate of drug-likeness (QED) is 0.461. The van der Waals surface area contributed by atoms with Crippen molar-refractivity contribution < 1.29 is 15.2 Å². The summed E-state index contributed by atoms with van der Waals surface area (Å²) in [6, 6.07) is 5.91. The molecule has 0 aliphatic rings. The molecule has 0 heterocycles. The van der Waals surface area contributed by atoms with Crippen molar-refractivity contribution in [1.29, 1.82) is 5.26 Å². The van der Waals surface area contributed by atoms with Gasteiger partial charge in [0.15, 0.2) is 0 Å². The van der Waals surface area contributed by atoms with E-state index in [1.54, 1.807) is 6.07 Å². The molecule has 0 aliphatic carbocycles. The van der Waals surface area contributed by atoms with Gasteiger partial charge in [0.25, 0.3) is 0 Å². The van der Waals surface area contributed by atoms with E-state index in [1.807, 2.05) is 0 Å². The normalized spacial score (nSPS) is 9.08. The van der Waals surface area contributed by atoms with Gasteiger partial charge in [0.05, 0.1) is 5.56 Å². The molecule has 0 spiro atoms. The summed E-state index contributed by atoms with van der Waals surface area (Å²) in [5.74, 6) is -0.380. The van der Waals surface area contributed by atoms with Gasteiger partial charge in [-0.05, 0) is 6.07 Å². The highest BCUT2D eigenvalue weighted by atomic mass is 16.4. The van der Waals surface area contributed by atoms with E-state index >= 15 is 0 Å². The Balaban J connectivity index is 3.25. The highest BCUT2D eigenvalue weighted by molar-refractivity contribution is 6.59. The van der Waals surface area contributed by atoms with Gasteiger partial charge in [0.2, 0.25) is 0 Å². The second-order valence-electron chi connectivity index (χ2n) is 2.23. The Morgan fingerprint density at radius 1 is 1.33 bits per heavy atom. The zero-order chi connectivity index (χ0) is 9.14. The fraction of sp³-hybridized carbons (Fsp3) is 0. The number of phenolic OH excluding ortho intramolecular Hbond substituents is 1. The maximum absolute atomic E-state index is 9.22. The van der Waals surface area contributed by atoms with Crippen LogP contribution in [-0.2, 0) is 0 Å². The topological polar surface area (TPSA) is 84.5 Å². The number of hydrogen-bond donors (Lipinski definition) is 3. The van der Waals surface area contributed by atoms with Crippen LogP contribution in [0, 0.1) is 11.3 Å². The van der Waals surface area contributed by atoms with Crippen molar-refractivity contribution in [3.63, 3.8) is 0 Å². The van der Waals surface area contributed by atoms with Crippen molar-refractivity contribution in [2.45, 2.75) is 0 Å². The van der Waals surface area contributed by atoms with Crippen LogP contribution >= 0.6 is 0 Å². The molecule has 1 aromatic carbocycles. The minimum atomic E-state index is -1.75. The molecule has 1 rings (SSSR count). The van der Waals surface area contributed by atoms with Crippen molar-refractivity contribution in [3.8, 4) is 11.8 Å². The number of phenols is 1. The molecule has 0 aromatic heterocycles. The van der Waals surface area contributed by atoms with Gasteiger partial charge in [-0.1, -0.05) is 12.1 Å². The minimum absolute atomic E-state index is 0.0283. The van der Waals surface area contributed by atoms with Crippen molar-refractivity contribution in [2.75, 3.05) is 0 Å². The Hall–Kier alpha value is -1.51. The average Bonchev–Trinajstić information content (AvgIpc) is 2.04. The van der Waals surface area contributed by atoms with E-state index in [9.17, 15) is 5.11 Å². The van der Waals surface area contributed by atoms with E-state index in [2.05, 4.69) is 0 Å². The lowest BCUT2D eigenvalue weighted by atomic mass is 9.79. The van der Waals surface area contributed by atoms with Crippen LogP contribution in [0.15, 0.2) is 18.2 Å². The predicted molar refractivity (Wildman–Crippen MR) is 42.6 cm³/mol. The summed E-state index contributed by atoms with van der Waals surface area (Å²) in [7, 11) is -1.75. The summed E-state index contributed by atoms with van der Waals surface area (Å²) in [6.45, 7) is 0. The monoisotopic (exact) mass is 163 g/mol. The van der Waals surface area contributed by atoms with Crippen molar-refractivity contribution in [3.05, 3.63) is 23.8 Å². The third-order valence-corrected chi connectivity index (χ3v) is 1.47. The molecular weight excluding hydrogens is 157 g/mol. The summed E-state index contributed by atoms with van der Waals surface area (Å²) in [6.07, 6.45) is 0. The van der Waals surface area contributed by atoms with Crippen molar-refractivity contribution in [1.82, 2.24) is 0 Å². The van der Waals surface area contributed by atoms with Gasteiger partial charge in [-0.25, -0.2) is 0 Å². The number of para-hydroxylation sites is 1. The van der Waals surface area contributed by atoms with Crippen LogP contribution in [0.2, 0.25) is 0 Å². The molecule has 0 radical (unpaired) electrons. The smallest absolute Gasteiger partial charge is 0.492 e. The molecule has 60 valence electrons. The number of benzene rings is 1. The van der Waals surface area contributed by atoms with Gasteiger partial charge in [-0.15, -0.1) is 0 Å². The Morgan fingerprint density at radius 2 is 2.00 bits per heavy atom. The Kier molecular flexibility index (Phi) is 2.33. The first-order chi connectivity index (χ1) is 5.66. The molecule has 0 amide bonds. The van der Waals surface area contributed by atoms with E-state index < -0.39 is 7.12 Å². The molecule has 12 heavy (non-hydrogen) atoms. The summed E-state index contributed by atoms with van der Waals surface area (Å²) < 4.78 is 0. The van der Waals surface area contributed by atoms with Crippen molar-refractivity contribution >= 4 is 12.6 Å². The zero-order valence-corrected chi connectivity index (χ0v) is 6.10. The van der Waals surface area contributed by atoms with Gasteiger partial charge in [0.1, 0.15) is 11.8 Å². The molecule has 0 unspecified atom stereocenters. The molecule has 0 saturated heterocycles. The van der Waals surface area contributed by atoms with E-state index in [1.165, 1.54) is 18.2 Å². The van der Waals surface area contributed by atoms with Gasteiger partial charge >= 0.3 is 7.12 Å². The Bertz CT molecular complexity index is 332. The van der Waals surface area contributed by atoms with Crippen LogP contribution in [0.4, 0.5) is 0 Å². The summed E-state index contributed by atoms with van der Waals surface area (Å²) >= 11 is 0. The first-order valence-corrected chi connectivity index (χ1v) is 3.25. The fourth-order valence-electron chi connectivity index (χ4n) is 0.860. The van der Waals surface area contributed by atoms with Gasteiger partial charge in [-0.3, -0.25) is 0 Å². The number of hydrogen-bond acceptors (Lipinski definition) is 4. The number of nitrogens with zero attached hydrogens (tertiary/aromatic N) is 1. The molecule has 0 saturated carbocycles. The van der Waals surface area contributed by atoms with E-state index in [0.717, 1.165) is 0 Å². The van der Waals surface area contributed by atoms with Crippen LogP contribution in [0.25, 0.3) is 0 Å². The molecule has 3 N–H and O–H groups in total. The third-order valence-electron chi connectivity index (χ3n) is 1.47. The van der Waals surface area contributed by atoms with Crippen LogP contribution < -0.4 is 5.46 Å². The predicted octanol–water partition coefficient (Wildman–Crippen LogP) is -1.06. The maximum atomic E-state index is 9.22. The second kappa shape index (κ2) is 3.26. The fourth-order valence-corrected chi connectivity index (χ4v) is 0.860. The molecule has 0 atom stereocenters. The molecular formula is C7H6BNO3. The third kappa shape index (κ3) is 1.40. The van der Waals surface area contributed by atoms with Crippen LogP contribution in [0.5, 0.6) is 5.75 Å². The lowest BCUT2D eigenvalue weighted by molar-refractivity contribution is 0.419. The summed E-state index contributed by atoms with van der Waals surface area (Å²) in [5, 5.41) is 35.1. The highest BCUT2D eigenvalue weighted by Gasteiger charge is 2.17. The number of rotatable bonds is 1. The minimum Gasteiger partial charge on any atom is -0.507 e. The molecule has 0 fully saturated rings. The largest absolute Gasteiger partial charge is 0.507 e. The SMILES string of the molecule is N#Cc1cccc(B(O)O)c1O. The maximum Gasteiger partial charge on any atom is 0.492 e. The van der Waals surface area contributed by atoms with Gasteiger partial charge in [0, 0.05) is 5.46 Å². The van der Waals surface area contributed by atoms with Crippen molar-refractivity contribution in [2.24, 2.45) is 0 Å². The molecule has 0 aliphatic heterocycles. The lowest BCUT2D eigenvalue weighted by Gasteiger charge is -2.02. The zero-order valence-electron chi connectivity index (χ0n) is 6.10. The second-order valence-corrected chi connectivity index (χ2v) is 2.23. The van der Waals surface area contributed by atoms with E-state index in [-0.39, 0.29) is 16.8 Å². The van der Waals surface area contributed by atoms with Crippen LogP contribution in [-0.4, -0.2) is 22.3 Å². The summed E-state index contributed by atoms with van der Waals surface area (Å²) in [4.78, 5) is 0. The van der Waals surface area contributed by atoms with Crippen LogP contribution in [0.1, 0.15) is 5.56 Å². The Morgan fingerprint density at radius 3 is 2.50 bits per heavy atom. The first kappa shape index (κ1) is 8.59. The molecule has 0 bridgehead atoms. The molecule has 1 aromatic rings. The van der Waals surface area contributed by atoms with E-state index in [4.69, 9.17) is 15.3 Å². The highest BCUT2D eigenvalue weighted by Crippen LogP contribution is 2.11. The Labute approximate surface area is 69.5 Å². The summed E-state index contributed by atoms with van der Waals surface area (Å²) in [5.41, 5.74) is -0.0327. The number of aromatic hydroxyl groups is 1. The average molecular weight is 163 g/mol. The van der Waals surface area contributed by atoms with Gasteiger partial charge < -0.3 is 15.2 Å². The van der Waals surface area contributed by atoms with Crippen LogP contribution in [0.3, 0.4) is 0 Å². The number of nitriles is 1. The first-order valence-electron chi connectivity index (χ1n) is 3.25. The lowest BCUT2D eigenvalue weighted by Crippen LogP contribution is -2.30.